The van der Waals surface area contributed by atoms with Gasteiger partial charge in [-0.2, -0.15) is 0 Å². The van der Waals surface area contributed by atoms with Gasteiger partial charge in [0, 0.05) is 13.2 Å². The fourth-order valence-corrected chi connectivity index (χ4v) is 1.44. The summed E-state index contributed by atoms with van der Waals surface area (Å²) in [7, 11) is 0. The fraction of sp³-hybridized carbons (Fsp3) is 0.800. The predicted octanol–water partition coefficient (Wildman–Crippen LogP) is 0.444. The van der Waals surface area contributed by atoms with Crippen molar-refractivity contribution in [1.29, 1.82) is 0 Å². The molecule has 0 spiro atoms. The van der Waals surface area contributed by atoms with Gasteiger partial charge in [0.15, 0.2) is 0 Å². The minimum Gasteiger partial charge on any atom is -0.376 e. The van der Waals surface area contributed by atoms with Crippen LogP contribution in [0.2, 0.25) is 0 Å². The van der Waals surface area contributed by atoms with Crippen LogP contribution in [0.25, 0.3) is 0 Å². The van der Waals surface area contributed by atoms with Crippen molar-refractivity contribution in [3.8, 4) is 0 Å². The zero-order chi connectivity index (χ0) is 11.1. The number of carbonyl (C=O) groups is 2. The summed E-state index contributed by atoms with van der Waals surface area (Å²) in [6.45, 7) is 2.81. The highest BCUT2D eigenvalue weighted by molar-refractivity contribution is 5.83. The van der Waals surface area contributed by atoms with Crippen LogP contribution in [-0.2, 0) is 9.53 Å². The van der Waals surface area contributed by atoms with E-state index in [1.807, 2.05) is 0 Å². The van der Waals surface area contributed by atoms with Crippen molar-refractivity contribution < 1.29 is 14.3 Å². The predicted molar refractivity (Wildman–Crippen MR) is 55.7 cm³/mol. The lowest BCUT2D eigenvalue weighted by atomic mass is 10.1. The molecule has 0 bridgehead atoms. The summed E-state index contributed by atoms with van der Waals surface area (Å²) >= 11 is 0. The standard InChI is InChI=1S/C10H18N2O3/c1-8(13)6-11-10(14)12-7-9-4-2-3-5-15-9/h9H,2-7H2,1H3,(H2,11,12,14). The lowest BCUT2D eigenvalue weighted by Crippen LogP contribution is -2.42. The van der Waals surface area contributed by atoms with Crippen LogP contribution in [0.15, 0.2) is 0 Å². The molecular weight excluding hydrogens is 196 g/mol. The van der Waals surface area contributed by atoms with E-state index < -0.39 is 0 Å². The zero-order valence-electron chi connectivity index (χ0n) is 9.04. The third kappa shape index (κ3) is 5.37. The van der Waals surface area contributed by atoms with Crippen LogP contribution in [0.1, 0.15) is 26.2 Å². The summed E-state index contributed by atoms with van der Waals surface area (Å²) in [6, 6.07) is -0.306. The lowest BCUT2D eigenvalue weighted by molar-refractivity contribution is -0.116. The van der Waals surface area contributed by atoms with Crippen molar-refractivity contribution in [2.75, 3.05) is 19.7 Å². The average Bonchev–Trinajstić information content (AvgIpc) is 2.25. The monoisotopic (exact) mass is 214 g/mol. The van der Waals surface area contributed by atoms with Crippen LogP contribution < -0.4 is 10.6 Å². The second kappa shape index (κ2) is 6.40. The number of hydrogen-bond donors (Lipinski definition) is 2. The van der Waals surface area contributed by atoms with Crippen LogP contribution >= 0.6 is 0 Å². The van der Waals surface area contributed by atoms with Gasteiger partial charge in [0.25, 0.3) is 0 Å². The van der Waals surface area contributed by atoms with Crippen LogP contribution in [-0.4, -0.2) is 37.6 Å². The largest absolute Gasteiger partial charge is 0.376 e. The van der Waals surface area contributed by atoms with E-state index in [1.54, 1.807) is 0 Å². The normalized spacial score (nSPS) is 20.7. The Bertz CT molecular complexity index is 225. The van der Waals surface area contributed by atoms with Gasteiger partial charge in [-0.15, -0.1) is 0 Å². The van der Waals surface area contributed by atoms with Gasteiger partial charge in [-0.25, -0.2) is 4.79 Å². The molecule has 0 radical (unpaired) electrons. The molecule has 0 saturated carbocycles. The van der Waals surface area contributed by atoms with Crippen molar-refractivity contribution in [3.05, 3.63) is 0 Å². The SMILES string of the molecule is CC(=O)CNC(=O)NCC1CCCCO1. The molecular formula is C10H18N2O3. The molecule has 0 aromatic rings. The van der Waals surface area contributed by atoms with Crippen molar-refractivity contribution in [2.24, 2.45) is 0 Å². The first-order valence-electron chi connectivity index (χ1n) is 5.31. The van der Waals surface area contributed by atoms with Crippen LogP contribution in [0.5, 0.6) is 0 Å². The third-order valence-corrected chi connectivity index (χ3v) is 2.26. The first-order valence-corrected chi connectivity index (χ1v) is 5.31. The number of rotatable bonds is 4. The Balaban J connectivity index is 2.07. The van der Waals surface area contributed by atoms with Gasteiger partial charge in [0.05, 0.1) is 12.6 Å². The van der Waals surface area contributed by atoms with E-state index in [4.69, 9.17) is 4.74 Å². The molecule has 2 amide bonds. The average molecular weight is 214 g/mol. The Labute approximate surface area is 89.6 Å². The molecule has 0 aliphatic carbocycles. The maximum absolute atomic E-state index is 11.2. The van der Waals surface area contributed by atoms with Crippen LogP contribution in [0.4, 0.5) is 4.79 Å². The molecule has 0 aromatic heterocycles. The summed E-state index contributed by atoms with van der Waals surface area (Å²) in [6.07, 6.45) is 3.38. The van der Waals surface area contributed by atoms with Gasteiger partial charge in [-0.3, -0.25) is 4.79 Å². The van der Waals surface area contributed by atoms with Gasteiger partial charge >= 0.3 is 6.03 Å². The highest BCUT2D eigenvalue weighted by Crippen LogP contribution is 2.11. The first-order chi connectivity index (χ1) is 7.18. The lowest BCUT2D eigenvalue weighted by Gasteiger charge is -2.22. The van der Waals surface area contributed by atoms with E-state index in [1.165, 1.54) is 6.92 Å². The Morgan fingerprint density at radius 3 is 2.73 bits per heavy atom. The van der Waals surface area contributed by atoms with Crippen molar-refractivity contribution in [3.63, 3.8) is 0 Å². The van der Waals surface area contributed by atoms with Gasteiger partial charge in [-0.05, 0) is 26.2 Å². The van der Waals surface area contributed by atoms with Crippen molar-refractivity contribution in [1.82, 2.24) is 10.6 Å². The van der Waals surface area contributed by atoms with Gasteiger partial charge < -0.3 is 15.4 Å². The molecule has 1 unspecified atom stereocenters. The number of ether oxygens (including phenoxy) is 1. The Morgan fingerprint density at radius 2 is 2.13 bits per heavy atom. The third-order valence-electron chi connectivity index (χ3n) is 2.26. The van der Waals surface area contributed by atoms with Gasteiger partial charge in [-0.1, -0.05) is 0 Å². The number of carbonyl (C=O) groups excluding carboxylic acids is 2. The first kappa shape index (κ1) is 12.0. The van der Waals surface area contributed by atoms with E-state index in [9.17, 15) is 9.59 Å². The molecule has 1 fully saturated rings. The van der Waals surface area contributed by atoms with E-state index in [-0.39, 0.29) is 24.5 Å². The molecule has 5 heteroatoms. The molecule has 15 heavy (non-hydrogen) atoms. The maximum Gasteiger partial charge on any atom is 0.315 e. The van der Waals surface area contributed by atoms with E-state index in [0.717, 1.165) is 25.9 Å². The van der Waals surface area contributed by atoms with Crippen molar-refractivity contribution in [2.45, 2.75) is 32.3 Å². The Kier molecular flexibility index (Phi) is 5.10. The molecule has 1 saturated heterocycles. The molecule has 0 aromatic carbocycles. The highest BCUT2D eigenvalue weighted by atomic mass is 16.5. The molecule has 5 nitrogen and oxygen atoms in total. The summed E-state index contributed by atoms with van der Waals surface area (Å²) in [5, 5.41) is 5.15. The Hall–Kier alpha value is -1.10. The Morgan fingerprint density at radius 1 is 1.33 bits per heavy atom. The topological polar surface area (TPSA) is 67.4 Å². The van der Waals surface area contributed by atoms with Gasteiger partial charge in [0.2, 0.25) is 0 Å². The molecule has 1 atom stereocenters. The van der Waals surface area contributed by atoms with Crippen molar-refractivity contribution >= 4 is 11.8 Å². The molecule has 1 aliphatic heterocycles. The number of urea groups is 1. The fourth-order valence-electron chi connectivity index (χ4n) is 1.44. The summed E-state index contributed by atoms with van der Waals surface area (Å²) in [4.78, 5) is 21.7. The van der Waals surface area contributed by atoms with Crippen LogP contribution in [0.3, 0.4) is 0 Å². The summed E-state index contributed by atoms with van der Waals surface area (Å²) in [5.41, 5.74) is 0. The van der Waals surface area contributed by atoms with E-state index in [0.29, 0.717) is 6.54 Å². The van der Waals surface area contributed by atoms with E-state index in [2.05, 4.69) is 10.6 Å². The van der Waals surface area contributed by atoms with Crippen LogP contribution in [0, 0.1) is 0 Å². The maximum atomic E-state index is 11.2. The zero-order valence-corrected chi connectivity index (χ0v) is 9.04. The number of amides is 2. The number of hydrogen-bond acceptors (Lipinski definition) is 3. The van der Waals surface area contributed by atoms with E-state index >= 15 is 0 Å². The number of Topliss-reactive ketones (excluding diaryl/α,β-unsaturated/α-hetero) is 1. The smallest absolute Gasteiger partial charge is 0.315 e. The second-order valence-electron chi connectivity index (χ2n) is 3.75. The second-order valence-corrected chi connectivity index (χ2v) is 3.75. The molecule has 86 valence electrons. The summed E-state index contributed by atoms with van der Waals surface area (Å²) < 4.78 is 5.44. The minimum atomic E-state index is -0.306. The molecule has 1 heterocycles. The molecule has 1 aliphatic rings. The quantitative estimate of drug-likeness (QED) is 0.713. The number of ketones is 1. The number of nitrogens with one attached hydrogen (secondary N) is 2. The minimum absolute atomic E-state index is 0.0564. The molecule has 1 rings (SSSR count). The van der Waals surface area contributed by atoms with Gasteiger partial charge in [0.1, 0.15) is 5.78 Å². The summed E-state index contributed by atoms with van der Waals surface area (Å²) in [5.74, 6) is -0.0564. The highest BCUT2D eigenvalue weighted by Gasteiger charge is 2.14. The molecule has 2 N–H and O–H groups in total.